The van der Waals surface area contributed by atoms with Crippen molar-refractivity contribution >= 4 is 5.97 Å². The molecule has 1 unspecified atom stereocenters. The third kappa shape index (κ3) is 2.19. The molecule has 0 aromatic carbocycles. The van der Waals surface area contributed by atoms with E-state index in [1.54, 1.807) is 0 Å². The first-order valence-electron chi connectivity index (χ1n) is 4.66. The van der Waals surface area contributed by atoms with Crippen LogP contribution < -0.4 is 5.73 Å². The normalized spacial score (nSPS) is 22.0. The summed E-state index contributed by atoms with van der Waals surface area (Å²) in [6.45, 7) is 3.32. The maximum absolute atomic E-state index is 10.5. The lowest BCUT2D eigenvalue weighted by Crippen LogP contribution is -2.55. The Morgan fingerprint density at radius 3 is 2.62 bits per heavy atom. The highest BCUT2D eigenvalue weighted by Gasteiger charge is 2.43. The van der Waals surface area contributed by atoms with E-state index in [0.717, 1.165) is 12.8 Å². The molecular formula is C9H17NO3. The number of ether oxygens (including phenoxy) is 1. The van der Waals surface area contributed by atoms with Crippen LogP contribution in [0.5, 0.6) is 0 Å². The van der Waals surface area contributed by atoms with Gasteiger partial charge < -0.3 is 15.6 Å². The largest absolute Gasteiger partial charge is 0.481 e. The molecule has 1 atom stereocenters. The zero-order valence-corrected chi connectivity index (χ0v) is 7.95. The zero-order valence-electron chi connectivity index (χ0n) is 7.95. The van der Waals surface area contributed by atoms with Crippen LogP contribution in [0.2, 0.25) is 0 Å². The van der Waals surface area contributed by atoms with Gasteiger partial charge >= 0.3 is 5.97 Å². The van der Waals surface area contributed by atoms with Crippen molar-refractivity contribution in [1.29, 1.82) is 0 Å². The molecule has 0 radical (unpaired) electrons. The molecule has 13 heavy (non-hydrogen) atoms. The zero-order chi connectivity index (χ0) is 9.90. The molecule has 0 aliphatic carbocycles. The topological polar surface area (TPSA) is 72.6 Å². The van der Waals surface area contributed by atoms with Gasteiger partial charge in [0.25, 0.3) is 0 Å². The van der Waals surface area contributed by atoms with Crippen molar-refractivity contribution in [2.75, 3.05) is 13.2 Å². The minimum Gasteiger partial charge on any atom is -0.481 e. The molecule has 1 saturated heterocycles. The first-order valence-corrected chi connectivity index (χ1v) is 4.66. The fourth-order valence-electron chi connectivity index (χ4n) is 1.81. The van der Waals surface area contributed by atoms with E-state index in [1.807, 2.05) is 0 Å². The van der Waals surface area contributed by atoms with E-state index < -0.39 is 5.97 Å². The number of hydrogen-bond acceptors (Lipinski definition) is 3. The molecule has 1 heterocycles. The summed E-state index contributed by atoms with van der Waals surface area (Å²) in [6, 6.07) is -0.265. The Labute approximate surface area is 78.1 Å². The van der Waals surface area contributed by atoms with Gasteiger partial charge in [0.2, 0.25) is 0 Å². The second-order valence-corrected chi connectivity index (χ2v) is 3.81. The van der Waals surface area contributed by atoms with Crippen LogP contribution in [0, 0.1) is 5.41 Å². The van der Waals surface area contributed by atoms with Crippen LogP contribution >= 0.6 is 0 Å². The summed E-state index contributed by atoms with van der Waals surface area (Å²) in [7, 11) is 0. The number of aliphatic carboxylic acids is 1. The second-order valence-electron chi connectivity index (χ2n) is 3.81. The van der Waals surface area contributed by atoms with Gasteiger partial charge in [-0.15, -0.1) is 0 Å². The smallest absolute Gasteiger partial charge is 0.304 e. The summed E-state index contributed by atoms with van der Waals surface area (Å²) in [6.07, 6.45) is 2.03. The van der Waals surface area contributed by atoms with Crippen LogP contribution in [0.1, 0.15) is 26.2 Å². The fraction of sp³-hybridized carbons (Fsp3) is 0.889. The van der Waals surface area contributed by atoms with E-state index in [-0.39, 0.29) is 17.9 Å². The molecule has 0 spiro atoms. The van der Waals surface area contributed by atoms with Crippen LogP contribution in [0.25, 0.3) is 0 Å². The van der Waals surface area contributed by atoms with Crippen molar-refractivity contribution < 1.29 is 14.6 Å². The lowest BCUT2D eigenvalue weighted by molar-refractivity contribution is -0.149. The quantitative estimate of drug-likeness (QED) is 0.661. The number of carboxylic acid groups (broad SMARTS) is 1. The minimum atomic E-state index is -0.824. The first-order chi connectivity index (χ1) is 6.10. The van der Waals surface area contributed by atoms with E-state index in [9.17, 15) is 4.79 Å². The highest BCUT2D eigenvalue weighted by Crippen LogP contribution is 2.36. The summed E-state index contributed by atoms with van der Waals surface area (Å²) < 4.78 is 5.12. The van der Waals surface area contributed by atoms with E-state index in [2.05, 4.69) is 6.92 Å². The molecule has 1 fully saturated rings. The molecule has 1 aliphatic rings. The summed E-state index contributed by atoms with van der Waals surface area (Å²) in [5, 5.41) is 8.61. The number of hydrogen-bond donors (Lipinski definition) is 2. The number of rotatable bonds is 5. The maximum Gasteiger partial charge on any atom is 0.304 e. The van der Waals surface area contributed by atoms with Crippen molar-refractivity contribution in [3.05, 3.63) is 0 Å². The summed E-state index contributed by atoms with van der Waals surface area (Å²) in [4.78, 5) is 10.5. The Morgan fingerprint density at radius 1 is 1.69 bits per heavy atom. The van der Waals surface area contributed by atoms with Gasteiger partial charge in [-0.1, -0.05) is 13.3 Å². The first kappa shape index (κ1) is 10.5. The van der Waals surface area contributed by atoms with Gasteiger partial charge in [0, 0.05) is 11.5 Å². The Bertz CT molecular complexity index is 189. The molecule has 1 rings (SSSR count). The highest BCUT2D eigenvalue weighted by atomic mass is 16.5. The van der Waals surface area contributed by atoms with E-state index in [4.69, 9.17) is 15.6 Å². The standard InChI is InChI=1S/C9H17NO3/c1-2-3-9(5-13-6-9)7(10)4-8(11)12/h7H,2-6,10H2,1H3,(H,11,12). The predicted molar refractivity (Wildman–Crippen MR) is 48.4 cm³/mol. The lowest BCUT2D eigenvalue weighted by Gasteiger charge is -2.45. The predicted octanol–water partition coefficient (Wildman–Crippen LogP) is 0.605. The number of carboxylic acids is 1. The SMILES string of the molecule is CCCC1(C(N)CC(=O)O)COC1. The Balaban J connectivity index is 2.49. The molecule has 0 aromatic rings. The van der Waals surface area contributed by atoms with Gasteiger partial charge in [0.1, 0.15) is 0 Å². The van der Waals surface area contributed by atoms with E-state index in [1.165, 1.54) is 0 Å². The van der Waals surface area contributed by atoms with Crippen LogP contribution in [0.4, 0.5) is 0 Å². The van der Waals surface area contributed by atoms with Crippen molar-refractivity contribution in [3.8, 4) is 0 Å². The van der Waals surface area contributed by atoms with Crippen molar-refractivity contribution in [3.63, 3.8) is 0 Å². The molecular weight excluding hydrogens is 170 g/mol. The second kappa shape index (κ2) is 4.07. The van der Waals surface area contributed by atoms with Crippen molar-refractivity contribution in [2.45, 2.75) is 32.2 Å². The average Bonchev–Trinajstić information content (AvgIpc) is 1.94. The minimum absolute atomic E-state index is 0.0450. The summed E-state index contributed by atoms with van der Waals surface area (Å²) in [5.41, 5.74) is 5.78. The van der Waals surface area contributed by atoms with E-state index >= 15 is 0 Å². The van der Waals surface area contributed by atoms with Gasteiger partial charge in [-0.25, -0.2) is 0 Å². The van der Waals surface area contributed by atoms with Crippen LogP contribution in [-0.2, 0) is 9.53 Å². The van der Waals surface area contributed by atoms with Gasteiger partial charge in [0.15, 0.2) is 0 Å². The molecule has 4 heteroatoms. The van der Waals surface area contributed by atoms with Gasteiger partial charge in [-0.3, -0.25) is 4.79 Å². The van der Waals surface area contributed by atoms with E-state index in [0.29, 0.717) is 13.2 Å². The molecule has 76 valence electrons. The monoisotopic (exact) mass is 187 g/mol. The molecule has 0 aromatic heterocycles. The van der Waals surface area contributed by atoms with Crippen LogP contribution in [0.3, 0.4) is 0 Å². The highest BCUT2D eigenvalue weighted by molar-refractivity contribution is 5.67. The van der Waals surface area contributed by atoms with Gasteiger partial charge in [0.05, 0.1) is 19.6 Å². The Kier molecular flexibility index (Phi) is 3.27. The number of nitrogens with two attached hydrogens (primary N) is 1. The van der Waals surface area contributed by atoms with Gasteiger partial charge in [-0.2, -0.15) is 0 Å². The lowest BCUT2D eigenvalue weighted by atomic mass is 9.74. The summed E-state index contributed by atoms with van der Waals surface area (Å²) in [5.74, 6) is -0.824. The number of carbonyl (C=O) groups is 1. The van der Waals surface area contributed by atoms with Crippen LogP contribution in [-0.4, -0.2) is 30.3 Å². The molecule has 0 amide bonds. The fourth-order valence-corrected chi connectivity index (χ4v) is 1.81. The molecule has 0 bridgehead atoms. The average molecular weight is 187 g/mol. The van der Waals surface area contributed by atoms with Crippen molar-refractivity contribution in [1.82, 2.24) is 0 Å². The molecule has 0 saturated carbocycles. The molecule has 1 aliphatic heterocycles. The summed E-state index contributed by atoms with van der Waals surface area (Å²) >= 11 is 0. The van der Waals surface area contributed by atoms with Crippen LogP contribution in [0.15, 0.2) is 0 Å². The third-order valence-corrected chi connectivity index (χ3v) is 2.71. The maximum atomic E-state index is 10.5. The van der Waals surface area contributed by atoms with Crippen molar-refractivity contribution in [2.24, 2.45) is 11.1 Å². The van der Waals surface area contributed by atoms with Gasteiger partial charge in [-0.05, 0) is 6.42 Å². The Morgan fingerprint density at radius 2 is 2.31 bits per heavy atom. The molecule has 4 nitrogen and oxygen atoms in total. The third-order valence-electron chi connectivity index (χ3n) is 2.71. The molecule has 3 N–H and O–H groups in total. The Hall–Kier alpha value is -0.610.